The molecule has 0 heterocycles. The Morgan fingerprint density at radius 3 is 2.83 bits per heavy atom. The summed E-state index contributed by atoms with van der Waals surface area (Å²) in [6.45, 7) is 6.26. The predicted molar refractivity (Wildman–Crippen MR) is 92.8 cm³/mol. The molecule has 0 radical (unpaired) electrons. The van der Waals surface area contributed by atoms with E-state index in [-0.39, 0.29) is 5.41 Å². The maximum Gasteiger partial charge on any atom is 0.119 e. The first-order chi connectivity index (χ1) is 11.0. The van der Waals surface area contributed by atoms with Gasteiger partial charge >= 0.3 is 0 Å². The van der Waals surface area contributed by atoms with Crippen molar-refractivity contribution in [2.24, 2.45) is 17.3 Å². The number of hydrogen-bond donors (Lipinski definition) is 1. The summed E-state index contributed by atoms with van der Waals surface area (Å²) in [6.07, 6.45) is 8.54. The van der Waals surface area contributed by atoms with Gasteiger partial charge < -0.3 is 9.84 Å². The van der Waals surface area contributed by atoms with Crippen molar-refractivity contribution in [1.82, 2.24) is 0 Å². The summed E-state index contributed by atoms with van der Waals surface area (Å²) in [7, 11) is 1.74. The molecular weight excluding hydrogens is 284 g/mol. The fraction of sp³-hybridized carbons (Fsp3) is 0.619. The molecule has 3 aliphatic carbocycles. The monoisotopic (exact) mass is 312 g/mol. The number of benzene rings is 1. The van der Waals surface area contributed by atoms with E-state index in [1.165, 1.54) is 24.0 Å². The highest BCUT2D eigenvalue weighted by molar-refractivity contribution is 5.41. The Labute approximate surface area is 139 Å². The van der Waals surface area contributed by atoms with Gasteiger partial charge in [-0.1, -0.05) is 19.1 Å². The highest BCUT2D eigenvalue weighted by atomic mass is 16.5. The Bertz CT molecular complexity index is 637. The van der Waals surface area contributed by atoms with E-state index < -0.39 is 5.60 Å². The number of methoxy groups -OCH3 is 1. The minimum absolute atomic E-state index is 0.0138. The van der Waals surface area contributed by atoms with Crippen molar-refractivity contribution >= 4 is 0 Å². The fourth-order valence-electron chi connectivity index (χ4n) is 6.07. The normalized spacial score (nSPS) is 41.6. The number of fused-ring (bicyclic) bond motifs is 5. The summed E-state index contributed by atoms with van der Waals surface area (Å²) in [4.78, 5) is 0. The molecule has 0 amide bonds. The second kappa shape index (κ2) is 5.11. The lowest BCUT2D eigenvalue weighted by Gasteiger charge is -2.52. The Hall–Kier alpha value is -1.28. The summed E-state index contributed by atoms with van der Waals surface area (Å²) < 4.78 is 5.40. The van der Waals surface area contributed by atoms with Gasteiger partial charge in [0.1, 0.15) is 5.75 Å². The molecule has 2 nitrogen and oxygen atoms in total. The van der Waals surface area contributed by atoms with Crippen molar-refractivity contribution in [1.29, 1.82) is 0 Å². The van der Waals surface area contributed by atoms with Crippen LogP contribution in [0.25, 0.3) is 0 Å². The molecule has 0 spiro atoms. The van der Waals surface area contributed by atoms with Crippen molar-refractivity contribution in [2.75, 3.05) is 7.11 Å². The molecule has 23 heavy (non-hydrogen) atoms. The van der Waals surface area contributed by atoms with Crippen molar-refractivity contribution in [2.45, 2.75) is 57.0 Å². The first-order valence-corrected chi connectivity index (χ1v) is 9.05. The topological polar surface area (TPSA) is 29.5 Å². The van der Waals surface area contributed by atoms with Crippen LogP contribution in [0, 0.1) is 17.3 Å². The largest absolute Gasteiger partial charge is 0.497 e. The van der Waals surface area contributed by atoms with Crippen LogP contribution >= 0.6 is 0 Å². The number of rotatable bonds is 2. The van der Waals surface area contributed by atoms with E-state index in [9.17, 15) is 5.11 Å². The van der Waals surface area contributed by atoms with Crippen LogP contribution in [0.3, 0.4) is 0 Å². The molecule has 3 aliphatic rings. The lowest BCUT2D eigenvalue weighted by atomic mass is 9.53. The van der Waals surface area contributed by atoms with E-state index in [0.29, 0.717) is 17.8 Å². The molecule has 0 aliphatic heterocycles. The van der Waals surface area contributed by atoms with Gasteiger partial charge in [-0.25, -0.2) is 0 Å². The lowest BCUT2D eigenvalue weighted by molar-refractivity contribution is -0.0707. The lowest BCUT2D eigenvalue weighted by Crippen LogP contribution is -2.49. The molecule has 2 saturated carbocycles. The van der Waals surface area contributed by atoms with Crippen LogP contribution in [0.1, 0.15) is 56.1 Å². The van der Waals surface area contributed by atoms with Crippen LogP contribution in [0.4, 0.5) is 0 Å². The van der Waals surface area contributed by atoms with Crippen LogP contribution in [-0.2, 0) is 6.42 Å². The number of aryl methyl sites for hydroxylation is 1. The molecule has 2 fully saturated rings. The summed E-state index contributed by atoms with van der Waals surface area (Å²) in [5.74, 6) is 2.97. The van der Waals surface area contributed by atoms with Gasteiger partial charge in [0.2, 0.25) is 0 Å². The Morgan fingerprint density at radius 2 is 2.09 bits per heavy atom. The minimum atomic E-state index is -0.664. The molecule has 0 bridgehead atoms. The molecule has 5 atom stereocenters. The van der Waals surface area contributed by atoms with Crippen molar-refractivity contribution in [3.8, 4) is 5.75 Å². The van der Waals surface area contributed by atoms with Gasteiger partial charge in [0, 0.05) is 5.41 Å². The van der Waals surface area contributed by atoms with E-state index >= 15 is 0 Å². The Morgan fingerprint density at radius 1 is 1.26 bits per heavy atom. The van der Waals surface area contributed by atoms with Crippen molar-refractivity contribution in [3.63, 3.8) is 0 Å². The van der Waals surface area contributed by atoms with E-state index in [1.807, 2.05) is 6.08 Å². The first-order valence-electron chi connectivity index (χ1n) is 9.05. The van der Waals surface area contributed by atoms with Gasteiger partial charge in [-0.3, -0.25) is 0 Å². The zero-order valence-electron chi connectivity index (χ0n) is 14.3. The summed E-state index contributed by atoms with van der Waals surface area (Å²) in [5, 5.41) is 11.1. The van der Waals surface area contributed by atoms with Crippen molar-refractivity contribution < 1.29 is 9.84 Å². The summed E-state index contributed by atoms with van der Waals surface area (Å²) in [5.41, 5.74) is 2.37. The second-order valence-electron chi connectivity index (χ2n) is 8.10. The molecule has 1 N–H and O–H groups in total. The standard InChI is InChI=1S/C21H28O2/c1-4-21(22)12-10-19-18-7-5-14-13-15(23-3)6-8-16(14)17(18)9-11-20(19,21)2/h4,6,8,13,17-19,22H,1,5,7,9-12H2,2-3H3. The average Bonchev–Trinajstić information content (AvgIpc) is 2.86. The predicted octanol–water partition coefficient (Wildman–Crippen LogP) is 4.47. The zero-order valence-corrected chi connectivity index (χ0v) is 14.3. The van der Waals surface area contributed by atoms with E-state index in [0.717, 1.165) is 31.4 Å². The summed E-state index contributed by atoms with van der Waals surface area (Å²) >= 11 is 0. The quantitative estimate of drug-likeness (QED) is 0.817. The van der Waals surface area contributed by atoms with Crippen LogP contribution in [0.2, 0.25) is 0 Å². The molecule has 0 aromatic heterocycles. The average molecular weight is 312 g/mol. The maximum absolute atomic E-state index is 11.1. The van der Waals surface area contributed by atoms with Gasteiger partial charge in [0.15, 0.2) is 0 Å². The van der Waals surface area contributed by atoms with Gasteiger partial charge in [-0.2, -0.15) is 0 Å². The van der Waals surface area contributed by atoms with Gasteiger partial charge in [0.05, 0.1) is 12.7 Å². The molecule has 5 unspecified atom stereocenters. The molecule has 4 rings (SSSR count). The van der Waals surface area contributed by atoms with Crippen LogP contribution < -0.4 is 4.74 Å². The number of aliphatic hydroxyl groups is 1. The van der Waals surface area contributed by atoms with Crippen LogP contribution in [0.15, 0.2) is 30.9 Å². The Balaban J connectivity index is 1.69. The van der Waals surface area contributed by atoms with E-state index in [2.05, 4.69) is 31.7 Å². The number of ether oxygens (including phenoxy) is 1. The molecule has 1 aromatic carbocycles. The molecule has 2 heteroatoms. The van der Waals surface area contributed by atoms with Crippen LogP contribution in [0.5, 0.6) is 5.75 Å². The fourth-order valence-corrected chi connectivity index (χ4v) is 6.07. The third-order valence-corrected chi connectivity index (χ3v) is 7.49. The van der Waals surface area contributed by atoms with Gasteiger partial charge in [-0.15, -0.1) is 6.58 Å². The maximum atomic E-state index is 11.1. The molecule has 1 aromatic rings. The molecule has 124 valence electrons. The van der Waals surface area contributed by atoms with E-state index in [4.69, 9.17) is 4.74 Å². The molecular formula is C21H28O2. The highest BCUT2D eigenvalue weighted by Crippen LogP contribution is 2.64. The van der Waals surface area contributed by atoms with Gasteiger partial charge in [-0.05, 0) is 79.5 Å². The van der Waals surface area contributed by atoms with Gasteiger partial charge in [0.25, 0.3) is 0 Å². The SMILES string of the molecule is C=CC1(O)CCC2C3CCc4cc(OC)ccc4C3CCC21C. The third-order valence-electron chi connectivity index (χ3n) is 7.49. The Kier molecular flexibility index (Phi) is 3.39. The van der Waals surface area contributed by atoms with Crippen LogP contribution in [-0.4, -0.2) is 17.8 Å². The highest BCUT2D eigenvalue weighted by Gasteiger charge is 2.60. The minimum Gasteiger partial charge on any atom is -0.497 e. The smallest absolute Gasteiger partial charge is 0.119 e. The van der Waals surface area contributed by atoms with Crippen molar-refractivity contribution in [3.05, 3.63) is 42.0 Å². The van der Waals surface area contributed by atoms with E-state index in [1.54, 1.807) is 7.11 Å². The zero-order chi connectivity index (χ0) is 16.2. The number of hydrogen-bond acceptors (Lipinski definition) is 2. The third kappa shape index (κ3) is 1.97. The first kappa shape index (κ1) is 15.3. The second-order valence-corrected chi connectivity index (χ2v) is 8.10. The summed E-state index contributed by atoms with van der Waals surface area (Å²) in [6, 6.07) is 6.64. The molecule has 0 saturated heterocycles.